The molecule has 1 saturated heterocycles. The third kappa shape index (κ3) is 11.2. The maximum atomic E-state index is 6.63. The molecule has 1 fully saturated rings. The number of piperidine rings is 1. The van der Waals surface area contributed by atoms with E-state index in [4.69, 9.17) is 18.9 Å². The number of hydrogen-bond acceptors (Lipinski definition) is 5. The zero-order chi connectivity index (χ0) is 28.1. The van der Waals surface area contributed by atoms with Crippen molar-refractivity contribution in [3.05, 3.63) is 151 Å². The fourth-order valence-corrected chi connectivity index (χ4v) is 5.18. The number of likely N-dealkylation sites (tertiary alicyclic amines) is 1. The van der Waals surface area contributed by atoms with Crippen molar-refractivity contribution in [3.8, 4) is 0 Å². The number of rotatable bonds is 14. The Kier molecular flexibility index (Phi) is 16.1. The third-order valence-electron chi connectivity index (χ3n) is 7.46. The maximum Gasteiger partial charge on any atom is 1.00 e. The average Bonchev–Trinajstić information content (AvgIpc) is 3.03. The molecule has 4 atom stereocenters. The first-order valence-corrected chi connectivity index (χ1v) is 14.4. The summed E-state index contributed by atoms with van der Waals surface area (Å²) in [5, 5.41) is 0. The van der Waals surface area contributed by atoms with Crippen LogP contribution in [0.3, 0.4) is 0 Å². The second-order valence-electron chi connectivity index (χ2n) is 10.5. The largest absolute Gasteiger partial charge is 1.00 e. The molecule has 0 aromatic heterocycles. The second kappa shape index (κ2) is 19.5. The van der Waals surface area contributed by atoms with Crippen molar-refractivity contribution >= 4 is 0 Å². The van der Waals surface area contributed by atoms with Gasteiger partial charge in [0.1, 0.15) is 12.2 Å². The van der Waals surface area contributed by atoms with Gasteiger partial charge >= 0.3 is 27.7 Å². The molecule has 222 valence electrons. The van der Waals surface area contributed by atoms with Gasteiger partial charge in [0, 0.05) is 19.1 Å². The third-order valence-corrected chi connectivity index (χ3v) is 7.46. The van der Waals surface area contributed by atoms with Crippen LogP contribution in [0.25, 0.3) is 0 Å². The molecular weight excluding hydrogens is 791 g/mol. The molecule has 0 saturated carbocycles. The predicted molar refractivity (Wildman–Crippen MR) is 162 cm³/mol. The first-order valence-electron chi connectivity index (χ1n) is 14.4. The molecule has 43 heavy (non-hydrogen) atoms. The zero-order valence-corrected chi connectivity index (χ0v) is 31.8. The van der Waals surface area contributed by atoms with Crippen molar-refractivity contribution in [2.45, 2.75) is 50.8 Å². The van der Waals surface area contributed by atoms with Gasteiger partial charge in [0.25, 0.3) is 0 Å². The van der Waals surface area contributed by atoms with E-state index >= 15 is 0 Å². The second-order valence-corrected chi connectivity index (χ2v) is 10.5. The smallest absolute Gasteiger partial charge is 1.00 e. The monoisotopic (exact) mass is 831 g/mol. The molecule has 5 rings (SSSR count). The molecule has 0 bridgehead atoms. The molecule has 1 heterocycles. The molecule has 1 aliphatic rings. The molecule has 0 amide bonds. The SMILES string of the molecule is [Br-].[CH2][C@@H]1[C@@H](OCc2ccccc2)[C@H](OCc2ccccc2)[C@@H](OCc2ccccc2)CN1CCOCc1ccccc1.[Hg+]. The molecule has 4 aromatic rings. The van der Waals surface area contributed by atoms with Crippen LogP contribution in [0, 0.1) is 6.92 Å². The van der Waals surface area contributed by atoms with Gasteiger partial charge in [-0.2, -0.15) is 0 Å². The Labute approximate surface area is 287 Å². The van der Waals surface area contributed by atoms with Crippen LogP contribution in [0.1, 0.15) is 22.3 Å². The molecule has 0 unspecified atom stereocenters. The standard InChI is InChI=1S/C36H40NO4.BrH.Hg/c1-29-35(40-27-32-18-10-4-11-19-32)36(41-28-33-20-12-5-13-21-33)34(39-26-31-16-8-3-9-17-31)24-37(29)22-23-38-25-30-14-6-2-7-15-30;;/h2-21,29,34-36H,1,22-28H2;1H;/q;;+1/p-1/t29-,34+,35-,36-;;/m1../s1. The zero-order valence-electron chi connectivity index (χ0n) is 24.7. The van der Waals surface area contributed by atoms with Gasteiger partial charge < -0.3 is 35.9 Å². The molecule has 0 spiro atoms. The minimum atomic E-state index is -0.289. The molecule has 4 aromatic carbocycles. The summed E-state index contributed by atoms with van der Waals surface area (Å²) in [5.74, 6) is 0. The van der Waals surface area contributed by atoms with E-state index < -0.39 is 0 Å². The van der Waals surface area contributed by atoms with Crippen LogP contribution >= 0.6 is 0 Å². The van der Waals surface area contributed by atoms with Gasteiger partial charge in [0.2, 0.25) is 0 Å². The van der Waals surface area contributed by atoms with Crippen LogP contribution in [0.5, 0.6) is 0 Å². The molecule has 5 nitrogen and oxygen atoms in total. The summed E-state index contributed by atoms with van der Waals surface area (Å²) in [6.07, 6.45) is -0.777. The number of hydrogen-bond donors (Lipinski definition) is 0. The minimum Gasteiger partial charge on any atom is -1.00 e. The molecule has 0 N–H and O–H groups in total. The molecule has 0 aliphatic carbocycles. The summed E-state index contributed by atoms with van der Waals surface area (Å²) in [4.78, 5) is 2.32. The van der Waals surface area contributed by atoms with E-state index in [1.54, 1.807) is 0 Å². The number of nitrogens with zero attached hydrogens (tertiary/aromatic N) is 1. The van der Waals surface area contributed by atoms with Gasteiger partial charge in [-0.3, -0.25) is 4.90 Å². The van der Waals surface area contributed by atoms with Gasteiger partial charge in [-0.05, 0) is 29.2 Å². The van der Waals surface area contributed by atoms with E-state index in [2.05, 4.69) is 60.4 Å². The number of ether oxygens (including phenoxy) is 4. The summed E-state index contributed by atoms with van der Waals surface area (Å²) >= 11 is 0. The van der Waals surface area contributed by atoms with Crippen LogP contribution in [0.2, 0.25) is 0 Å². The average molecular weight is 831 g/mol. The Bertz CT molecular complexity index is 1270. The van der Waals surface area contributed by atoms with Gasteiger partial charge in [0.05, 0.1) is 39.1 Å². The first kappa shape index (κ1) is 35.6. The number of benzene rings is 4. The van der Waals surface area contributed by atoms with Gasteiger partial charge in [-0.1, -0.05) is 121 Å². The Hall–Kier alpha value is -1.90. The fourth-order valence-electron chi connectivity index (χ4n) is 5.18. The van der Waals surface area contributed by atoms with Crippen molar-refractivity contribution in [2.75, 3.05) is 19.7 Å². The molecule has 2 radical (unpaired) electrons. The van der Waals surface area contributed by atoms with Crippen LogP contribution < -0.4 is 17.0 Å². The van der Waals surface area contributed by atoms with Crippen molar-refractivity contribution in [1.29, 1.82) is 0 Å². The minimum absolute atomic E-state index is 0. The van der Waals surface area contributed by atoms with Gasteiger partial charge in [0.15, 0.2) is 0 Å². The molecule has 1 aliphatic heterocycles. The summed E-state index contributed by atoms with van der Waals surface area (Å²) < 4.78 is 25.9. The van der Waals surface area contributed by atoms with E-state index in [1.165, 1.54) is 5.56 Å². The Balaban J connectivity index is 0.00000253. The Morgan fingerprint density at radius 2 is 0.953 bits per heavy atom. The van der Waals surface area contributed by atoms with E-state index in [0.29, 0.717) is 39.6 Å². The maximum absolute atomic E-state index is 6.63. The topological polar surface area (TPSA) is 40.2 Å². The van der Waals surface area contributed by atoms with Crippen molar-refractivity contribution in [1.82, 2.24) is 4.90 Å². The van der Waals surface area contributed by atoms with Gasteiger partial charge in [-0.25, -0.2) is 0 Å². The van der Waals surface area contributed by atoms with Crippen LogP contribution in [0.15, 0.2) is 121 Å². The van der Waals surface area contributed by atoms with E-state index in [0.717, 1.165) is 23.2 Å². The van der Waals surface area contributed by atoms with Gasteiger partial charge in [-0.15, -0.1) is 0 Å². The normalized spacial score (nSPS) is 20.1. The summed E-state index contributed by atoms with van der Waals surface area (Å²) in [6.45, 7) is 8.62. The summed E-state index contributed by atoms with van der Waals surface area (Å²) in [6, 6.07) is 40.9. The molecular formula is C36H40BrHgNO4. The van der Waals surface area contributed by atoms with E-state index in [1.807, 2.05) is 72.8 Å². The quantitative estimate of drug-likeness (QED) is 0.144. The summed E-state index contributed by atoms with van der Waals surface area (Å²) in [7, 11) is 0. The van der Waals surface area contributed by atoms with E-state index in [9.17, 15) is 0 Å². The number of halogens is 1. The van der Waals surface area contributed by atoms with Crippen LogP contribution in [-0.2, 0) is 73.0 Å². The fraction of sp³-hybridized carbons (Fsp3) is 0.306. The van der Waals surface area contributed by atoms with Crippen molar-refractivity contribution in [2.24, 2.45) is 0 Å². The summed E-state index contributed by atoms with van der Waals surface area (Å²) in [5.41, 5.74) is 4.53. The van der Waals surface area contributed by atoms with E-state index in [-0.39, 0.29) is 69.0 Å². The van der Waals surface area contributed by atoms with Crippen molar-refractivity contribution < 1.29 is 63.6 Å². The predicted octanol–water partition coefficient (Wildman–Crippen LogP) is 3.48. The van der Waals surface area contributed by atoms with Crippen LogP contribution in [-0.4, -0.2) is 49.0 Å². The van der Waals surface area contributed by atoms with Crippen molar-refractivity contribution in [3.63, 3.8) is 0 Å². The molecule has 7 heteroatoms. The Morgan fingerprint density at radius 3 is 1.42 bits per heavy atom. The Morgan fingerprint density at radius 1 is 0.558 bits per heavy atom. The van der Waals surface area contributed by atoms with Crippen LogP contribution in [0.4, 0.5) is 0 Å². The first-order chi connectivity index (χ1) is 20.3.